The molecule has 4 heteroatoms. The van der Waals surface area contributed by atoms with Crippen molar-refractivity contribution in [3.8, 4) is 11.8 Å². The van der Waals surface area contributed by atoms with E-state index in [4.69, 9.17) is 14.7 Å². The zero-order valence-electron chi connectivity index (χ0n) is 11.6. The molecule has 0 heterocycles. The van der Waals surface area contributed by atoms with E-state index < -0.39 is 5.97 Å². The summed E-state index contributed by atoms with van der Waals surface area (Å²) < 4.78 is 10.0. The van der Waals surface area contributed by atoms with E-state index >= 15 is 0 Å². The average Bonchev–Trinajstić information content (AvgIpc) is 2.39. The number of aryl methyl sites for hydroxylation is 1. The SMILES string of the molecule is CCOC(=O)/C(C#N)=C(\C)c1ccc(OC)c(C)c1. The van der Waals surface area contributed by atoms with Crippen LogP contribution in [0.4, 0.5) is 0 Å². The lowest BCUT2D eigenvalue weighted by atomic mass is 10.00. The Morgan fingerprint density at radius 1 is 1.42 bits per heavy atom. The summed E-state index contributed by atoms with van der Waals surface area (Å²) in [5.41, 5.74) is 2.39. The zero-order valence-corrected chi connectivity index (χ0v) is 11.6. The van der Waals surface area contributed by atoms with Crippen LogP contribution in [0.1, 0.15) is 25.0 Å². The molecule has 1 aromatic rings. The number of carbonyl (C=O) groups is 1. The van der Waals surface area contributed by atoms with Gasteiger partial charge in [-0.1, -0.05) is 6.07 Å². The summed E-state index contributed by atoms with van der Waals surface area (Å²) in [7, 11) is 1.60. The number of ether oxygens (including phenoxy) is 2. The molecule has 1 aromatic carbocycles. The van der Waals surface area contributed by atoms with Gasteiger partial charge in [0, 0.05) is 0 Å². The highest BCUT2D eigenvalue weighted by atomic mass is 16.5. The first-order chi connectivity index (χ1) is 9.04. The van der Waals surface area contributed by atoms with Crippen LogP contribution in [0.2, 0.25) is 0 Å². The Morgan fingerprint density at radius 2 is 2.11 bits per heavy atom. The van der Waals surface area contributed by atoms with Crippen LogP contribution in [0.3, 0.4) is 0 Å². The van der Waals surface area contributed by atoms with Crippen LogP contribution in [-0.2, 0) is 9.53 Å². The van der Waals surface area contributed by atoms with Gasteiger partial charge in [0.1, 0.15) is 17.4 Å². The van der Waals surface area contributed by atoms with Crippen LogP contribution in [0.15, 0.2) is 23.8 Å². The first-order valence-electron chi connectivity index (χ1n) is 5.98. The molecule has 0 N–H and O–H groups in total. The number of carbonyl (C=O) groups excluding carboxylic acids is 1. The molecule has 19 heavy (non-hydrogen) atoms. The molecule has 0 saturated carbocycles. The molecule has 0 atom stereocenters. The average molecular weight is 259 g/mol. The molecule has 0 aliphatic carbocycles. The molecule has 0 bridgehead atoms. The Hall–Kier alpha value is -2.28. The standard InChI is InChI=1S/C15H17NO3/c1-5-19-15(17)13(9-16)11(3)12-6-7-14(18-4)10(2)8-12/h6-8H,5H2,1-4H3/b13-11+. The van der Waals surface area contributed by atoms with E-state index in [2.05, 4.69) is 0 Å². The largest absolute Gasteiger partial charge is 0.496 e. The summed E-state index contributed by atoms with van der Waals surface area (Å²) in [5, 5.41) is 9.09. The Labute approximate surface area is 113 Å². The third kappa shape index (κ3) is 3.35. The monoisotopic (exact) mass is 259 g/mol. The second kappa shape index (κ2) is 6.60. The number of methoxy groups -OCH3 is 1. The second-order valence-electron chi connectivity index (χ2n) is 4.02. The minimum Gasteiger partial charge on any atom is -0.496 e. The van der Waals surface area contributed by atoms with Gasteiger partial charge in [-0.2, -0.15) is 5.26 Å². The van der Waals surface area contributed by atoms with Gasteiger partial charge >= 0.3 is 5.97 Å². The van der Waals surface area contributed by atoms with Crippen molar-refractivity contribution in [2.24, 2.45) is 0 Å². The summed E-state index contributed by atoms with van der Waals surface area (Å²) in [6, 6.07) is 7.42. The van der Waals surface area contributed by atoms with Crippen LogP contribution in [0, 0.1) is 18.3 Å². The highest BCUT2D eigenvalue weighted by Crippen LogP contribution is 2.25. The summed E-state index contributed by atoms with van der Waals surface area (Å²) in [4.78, 5) is 11.7. The van der Waals surface area contributed by atoms with Crippen molar-refractivity contribution < 1.29 is 14.3 Å². The molecule has 0 fully saturated rings. The van der Waals surface area contributed by atoms with Crippen molar-refractivity contribution in [3.05, 3.63) is 34.9 Å². The van der Waals surface area contributed by atoms with Crippen molar-refractivity contribution in [1.82, 2.24) is 0 Å². The van der Waals surface area contributed by atoms with Crippen molar-refractivity contribution in [2.45, 2.75) is 20.8 Å². The maximum Gasteiger partial charge on any atom is 0.349 e. The van der Waals surface area contributed by atoms with Crippen molar-refractivity contribution >= 4 is 11.5 Å². The molecular weight excluding hydrogens is 242 g/mol. The van der Waals surface area contributed by atoms with Crippen molar-refractivity contribution in [3.63, 3.8) is 0 Å². The Morgan fingerprint density at radius 3 is 2.58 bits per heavy atom. The molecule has 4 nitrogen and oxygen atoms in total. The summed E-state index contributed by atoms with van der Waals surface area (Å²) >= 11 is 0. The van der Waals surface area contributed by atoms with Crippen molar-refractivity contribution in [2.75, 3.05) is 13.7 Å². The van der Waals surface area contributed by atoms with Crippen molar-refractivity contribution in [1.29, 1.82) is 5.26 Å². The molecule has 0 aromatic heterocycles. The molecule has 0 radical (unpaired) electrons. The fraction of sp³-hybridized carbons (Fsp3) is 0.333. The second-order valence-corrected chi connectivity index (χ2v) is 4.02. The molecule has 1 rings (SSSR count). The van der Waals surface area contributed by atoms with Gasteiger partial charge in [0.05, 0.1) is 13.7 Å². The van der Waals surface area contributed by atoms with E-state index in [1.165, 1.54) is 0 Å². The first kappa shape index (κ1) is 14.8. The van der Waals surface area contributed by atoms with Gasteiger partial charge in [0.15, 0.2) is 0 Å². The maximum atomic E-state index is 11.7. The predicted molar refractivity (Wildman–Crippen MR) is 72.6 cm³/mol. The van der Waals surface area contributed by atoms with Crippen LogP contribution in [-0.4, -0.2) is 19.7 Å². The van der Waals surface area contributed by atoms with E-state index in [9.17, 15) is 4.79 Å². The molecule has 100 valence electrons. The van der Waals surface area contributed by atoms with Crippen LogP contribution in [0.25, 0.3) is 5.57 Å². The number of hydrogen-bond acceptors (Lipinski definition) is 4. The van der Waals surface area contributed by atoms with E-state index in [-0.39, 0.29) is 12.2 Å². The maximum absolute atomic E-state index is 11.7. The molecule has 0 amide bonds. The third-order valence-electron chi connectivity index (χ3n) is 2.79. The molecule has 0 saturated heterocycles. The number of nitriles is 1. The lowest BCUT2D eigenvalue weighted by Gasteiger charge is -2.09. The van der Waals surface area contributed by atoms with E-state index in [1.807, 2.05) is 31.2 Å². The number of esters is 1. The highest BCUT2D eigenvalue weighted by Gasteiger charge is 2.15. The van der Waals surface area contributed by atoms with E-state index in [1.54, 1.807) is 21.0 Å². The summed E-state index contributed by atoms with van der Waals surface area (Å²) in [6.45, 7) is 5.60. The lowest BCUT2D eigenvalue weighted by Crippen LogP contribution is -2.08. The smallest absolute Gasteiger partial charge is 0.349 e. The van der Waals surface area contributed by atoms with Gasteiger partial charge in [0.2, 0.25) is 0 Å². The van der Waals surface area contributed by atoms with Crippen LogP contribution < -0.4 is 4.74 Å². The minimum absolute atomic E-state index is 0.0337. The van der Waals surface area contributed by atoms with Gasteiger partial charge < -0.3 is 9.47 Å². The molecular formula is C15H17NO3. The molecule has 0 spiro atoms. The highest BCUT2D eigenvalue weighted by molar-refractivity contribution is 6.01. The Kier molecular flexibility index (Phi) is 5.13. The van der Waals surface area contributed by atoms with E-state index in [0.29, 0.717) is 5.57 Å². The fourth-order valence-corrected chi connectivity index (χ4v) is 1.74. The zero-order chi connectivity index (χ0) is 14.4. The van der Waals surface area contributed by atoms with Gasteiger partial charge in [0.25, 0.3) is 0 Å². The number of nitrogens with zero attached hydrogens (tertiary/aromatic N) is 1. The van der Waals surface area contributed by atoms with Gasteiger partial charge in [-0.05, 0) is 49.6 Å². The number of benzene rings is 1. The van der Waals surface area contributed by atoms with E-state index in [0.717, 1.165) is 16.9 Å². The third-order valence-corrected chi connectivity index (χ3v) is 2.79. The number of rotatable bonds is 4. The van der Waals surface area contributed by atoms with Crippen LogP contribution in [0.5, 0.6) is 5.75 Å². The Bertz CT molecular complexity index is 553. The van der Waals surface area contributed by atoms with Gasteiger partial charge in [-0.3, -0.25) is 0 Å². The Balaban J connectivity index is 3.23. The topological polar surface area (TPSA) is 59.3 Å². The quantitative estimate of drug-likeness (QED) is 0.474. The van der Waals surface area contributed by atoms with Gasteiger partial charge in [-0.25, -0.2) is 4.79 Å². The first-order valence-corrected chi connectivity index (χ1v) is 5.98. The number of hydrogen-bond donors (Lipinski definition) is 0. The summed E-state index contributed by atoms with van der Waals surface area (Å²) in [5.74, 6) is 0.183. The predicted octanol–water partition coefficient (Wildman–Crippen LogP) is 2.86. The normalized spacial score (nSPS) is 11.3. The summed E-state index contributed by atoms with van der Waals surface area (Å²) in [6.07, 6.45) is 0. The molecule has 0 unspecified atom stereocenters. The number of allylic oxidation sites excluding steroid dienone is 1. The fourth-order valence-electron chi connectivity index (χ4n) is 1.74. The molecule has 0 aliphatic heterocycles. The molecule has 0 aliphatic rings. The minimum atomic E-state index is -0.587. The lowest BCUT2D eigenvalue weighted by molar-refractivity contribution is -0.137. The van der Waals surface area contributed by atoms with Gasteiger partial charge in [-0.15, -0.1) is 0 Å². The van der Waals surface area contributed by atoms with Crippen LogP contribution >= 0.6 is 0 Å².